The molecule has 0 saturated carbocycles. The average Bonchev–Trinajstić information content (AvgIpc) is 3.14. The fraction of sp³-hybridized carbons (Fsp3) is 0.240. The molecule has 156 valence electrons. The van der Waals surface area contributed by atoms with Gasteiger partial charge in [0, 0.05) is 28.9 Å². The third kappa shape index (κ3) is 3.64. The standard InChI is InChI=1S/C25H22FN3O2/c1-15-10-18(8-9-27-15)24-22-12-17-4-5-19(11-16-2-6-21(26)7-3-16)25(30)29(31)23(17)13-20(22)14-28-24/h2-3,6-10,12-13,19,31H,4-5,11,14H2,1H3. The van der Waals surface area contributed by atoms with Gasteiger partial charge in [-0.2, -0.15) is 5.06 Å². The molecule has 0 aliphatic carbocycles. The van der Waals surface area contributed by atoms with Crippen molar-refractivity contribution in [2.24, 2.45) is 10.9 Å². The van der Waals surface area contributed by atoms with Crippen LogP contribution in [0.1, 0.15) is 39.9 Å². The van der Waals surface area contributed by atoms with Gasteiger partial charge in [0.1, 0.15) is 5.82 Å². The molecule has 0 bridgehead atoms. The van der Waals surface area contributed by atoms with E-state index in [-0.39, 0.29) is 17.6 Å². The first-order valence-electron chi connectivity index (χ1n) is 10.4. The van der Waals surface area contributed by atoms with Gasteiger partial charge in [-0.05, 0) is 79.3 Å². The number of carbonyl (C=O) groups is 1. The Kier molecular flexibility index (Phi) is 4.87. The van der Waals surface area contributed by atoms with Crippen LogP contribution in [0.3, 0.4) is 0 Å². The first kappa shape index (κ1) is 19.6. The molecule has 3 aromatic rings. The Hall–Kier alpha value is -3.38. The molecule has 31 heavy (non-hydrogen) atoms. The highest BCUT2D eigenvalue weighted by atomic mass is 19.1. The van der Waals surface area contributed by atoms with Gasteiger partial charge in [-0.25, -0.2) is 4.39 Å². The summed E-state index contributed by atoms with van der Waals surface area (Å²) in [5.41, 5.74) is 7.25. The van der Waals surface area contributed by atoms with Gasteiger partial charge >= 0.3 is 0 Å². The number of carbonyl (C=O) groups excluding carboxylic acids is 1. The van der Waals surface area contributed by atoms with Crippen molar-refractivity contribution >= 4 is 17.3 Å². The van der Waals surface area contributed by atoms with Gasteiger partial charge in [0.05, 0.1) is 17.9 Å². The van der Waals surface area contributed by atoms with E-state index in [9.17, 15) is 14.4 Å². The molecule has 1 amide bonds. The highest BCUT2D eigenvalue weighted by Crippen LogP contribution is 2.35. The van der Waals surface area contributed by atoms with Crippen molar-refractivity contribution < 1.29 is 14.4 Å². The Morgan fingerprint density at radius 3 is 2.71 bits per heavy atom. The number of pyridine rings is 1. The number of anilines is 1. The van der Waals surface area contributed by atoms with E-state index >= 15 is 0 Å². The summed E-state index contributed by atoms with van der Waals surface area (Å²) in [4.78, 5) is 21.9. The van der Waals surface area contributed by atoms with E-state index in [1.165, 1.54) is 12.1 Å². The molecule has 2 aromatic carbocycles. The molecule has 6 heteroatoms. The summed E-state index contributed by atoms with van der Waals surface area (Å²) >= 11 is 0. The topological polar surface area (TPSA) is 65.8 Å². The zero-order chi connectivity index (χ0) is 21.5. The normalized spacial score (nSPS) is 17.8. The smallest absolute Gasteiger partial charge is 0.254 e. The number of aryl methyl sites for hydroxylation is 2. The maximum Gasteiger partial charge on any atom is 0.254 e. The molecule has 1 unspecified atom stereocenters. The van der Waals surface area contributed by atoms with Crippen LogP contribution in [0.15, 0.2) is 59.7 Å². The predicted molar refractivity (Wildman–Crippen MR) is 116 cm³/mol. The summed E-state index contributed by atoms with van der Waals surface area (Å²) in [6.45, 7) is 2.47. The van der Waals surface area contributed by atoms with E-state index in [1.54, 1.807) is 18.3 Å². The second-order valence-corrected chi connectivity index (χ2v) is 8.21. The third-order valence-corrected chi connectivity index (χ3v) is 6.08. The van der Waals surface area contributed by atoms with E-state index in [0.717, 1.165) is 44.3 Å². The molecule has 5 rings (SSSR count). The fourth-order valence-corrected chi connectivity index (χ4v) is 4.45. The lowest BCUT2D eigenvalue weighted by molar-refractivity contribution is -0.127. The molecule has 0 radical (unpaired) electrons. The Morgan fingerprint density at radius 2 is 1.94 bits per heavy atom. The second kappa shape index (κ2) is 7.71. The van der Waals surface area contributed by atoms with E-state index < -0.39 is 0 Å². The van der Waals surface area contributed by atoms with Gasteiger partial charge in [0.25, 0.3) is 5.91 Å². The zero-order valence-electron chi connectivity index (χ0n) is 17.2. The number of halogens is 1. The van der Waals surface area contributed by atoms with E-state index in [1.807, 2.05) is 25.1 Å². The van der Waals surface area contributed by atoms with Crippen molar-refractivity contribution in [1.29, 1.82) is 0 Å². The van der Waals surface area contributed by atoms with Gasteiger partial charge in [0.2, 0.25) is 0 Å². The molecule has 0 saturated heterocycles. The van der Waals surface area contributed by atoms with Crippen molar-refractivity contribution in [2.45, 2.75) is 32.7 Å². The third-order valence-electron chi connectivity index (χ3n) is 6.08. The van der Waals surface area contributed by atoms with E-state index in [4.69, 9.17) is 4.99 Å². The van der Waals surface area contributed by atoms with Crippen molar-refractivity contribution in [2.75, 3.05) is 5.06 Å². The largest absolute Gasteiger partial charge is 0.281 e. The summed E-state index contributed by atoms with van der Waals surface area (Å²) in [7, 11) is 0. The number of benzene rings is 2. The monoisotopic (exact) mass is 415 g/mol. The summed E-state index contributed by atoms with van der Waals surface area (Å²) in [5, 5.41) is 11.5. The Balaban J connectivity index is 1.45. The van der Waals surface area contributed by atoms with Crippen LogP contribution in [0.25, 0.3) is 0 Å². The number of nitrogens with zero attached hydrogens (tertiary/aromatic N) is 3. The lowest BCUT2D eigenvalue weighted by Crippen LogP contribution is -2.33. The summed E-state index contributed by atoms with van der Waals surface area (Å²) in [5.74, 6) is -0.996. The molecular formula is C25H22FN3O2. The molecule has 0 fully saturated rings. The minimum absolute atomic E-state index is 0.302. The van der Waals surface area contributed by atoms with Crippen LogP contribution >= 0.6 is 0 Å². The summed E-state index contributed by atoms with van der Waals surface area (Å²) in [6.07, 6.45) is 3.52. The number of rotatable bonds is 3. The quantitative estimate of drug-likeness (QED) is 0.645. The molecule has 3 heterocycles. The molecule has 2 aliphatic heterocycles. The van der Waals surface area contributed by atoms with Crippen LogP contribution in [0.2, 0.25) is 0 Å². The number of hydrogen-bond acceptors (Lipinski definition) is 4. The first-order chi connectivity index (χ1) is 15.0. The minimum Gasteiger partial charge on any atom is -0.281 e. The highest BCUT2D eigenvalue weighted by molar-refractivity contribution is 6.15. The number of aromatic nitrogens is 1. The summed E-state index contributed by atoms with van der Waals surface area (Å²) < 4.78 is 13.2. The van der Waals surface area contributed by atoms with Crippen LogP contribution in [0.4, 0.5) is 10.1 Å². The van der Waals surface area contributed by atoms with Crippen molar-refractivity contribution in [3.05, 3.63) is 94.1 Å². The van der Waals surface area contributed by atoms with Crippen LogP contribution in [-0.4, -0.2) is 21.8 Å². The zero-order valence-corrected chi connectivity index (χ0v) is 17.2. The molecule has 1 atom stereocenters. The molecular weight excluding hydrogens is 393 g/mol. The summed E-state index contributed by atoms with van der Waals surface area (Å²) in [6, 6.07) is 14.1. The van der Waals surface area contributed by atoms with Gasteiger partial charge in [-0.15, -0.1) is 0 Å². The Morgan fingerprint density at radius 1 is 1.13 bits per heavy atom. The van der Waals surface area contributed by atoms with Crippen molar-refractivity contribution in [3.8, 4) is 0 Å². The molecule has 2 aliphatic rings. The first-order valence-corrected chi connectivity index (χ1v) is 10.4. The van der Waals surface area contributed by atoms with Crippen LogP contribution in [0.5, 0.6) is 0 Å². The highest BCUT2D eigenvalue weighted by Gasteiger charge is 2.32. The van der Waals surface area contributed by atoms with Crippen LogP contribution in [0, 0.1) is 18.7 Å². The molecule has 5 nitrogen and oxygen atoms in total. The Labute approximate surface area is 179 Å². The molecule has 1 aromatic heterocycles. The van der Waals surface area contributed by atoms with E-state index in [2.05, 4.69) is 11.1 Å². The maximum absolute atomic E-state index is 13.2. The lowest BCUT2D eigenvalue weighted by atomic mass is 9.92. The van der Waals surface area contributed by atoms with Gasteiger partial charge in [-0.1, -0.05) is 12.1 Å². The SMILES string of the molecule is Cc1cc(C2=NCc3cc4c(cc32)CCC(Cc2ccc(F)cc2)C(=O)N4O)ccn1. The number of aliphatic imine (C=N–C) groups is 1. The molecule has 1 N–H and O–H groups in total. The maximum atomic E-state index is 13.2. The number of hydroxylamine groups is 1. The fourth-order valence-electron chi connectivity index (χ4n) is 4.45. The van der Waals surface area contributed by atoms with Crippen molar-refractivity contribution in [3.63, 3.8) is 0 Å². The Bertz CT molecular complexity index is 1200. The van der Waals surface area contributed by atoms with Gasteiger partial charge in [-0.3, -0.25) is 20.0 Å². The van der Waals surface area contributed by atoms with E-state index in [0.29, 0.717) is 31.5 Å². The predicted octanol–water partition coefficient (Wildman–Crippen LogP) is 4.41. The lowest BCUT2D eigenvalue weighted by Gasteiger charge is -2.20. The number of hydrogen-bond donors (Lipinski definition) is 1. The van der Waals surface area contributed by atoms with Gasteiger partial charge in [0.15, 0.2) is 0 Å². The number of fused-ring (bicyclic) bond motifs is 2. The molecule has 0 spiro atoms. The van der Waals surface area contributed by atoms with Crippen LogP contribution in [-0.2, 0) is 24.2 Å². The van der Waals surface area contributed by atoms with Gasteiger partial charge < -0.3 is 0 Å². The average molecular weight is 415 g/mol. The number of amides is 1. The second-order valence-electron chi connectivity index (χ2n) is 8.21. The van der Waals surface area contributed by atoms with Crippen molar-refractivity contribution in [1.82, 2.24) is 4.98 Å². The minimum atomic E-state index is -0.367. The van der Waals surface area contributed by atoms with Crippen LogP contribution < -0.4 is 5.06 Å².